The third kappa shape index (κ3) is 2.85. The number of ether oxygens (including phenoxy) is 1. The van der Waals surface area contributed by atoms with Crippen LogP contribution in [0.4, 0.5) is 8.78 Å². The van der Waals surface area contributed by atoms with Gasteiger partial charge in [-0.3, -0.25) is 0 Å². The average molecular weight is 265 g/mol. The Hall–Kier alpha value is -2.08. The molecule has 0 fully saturated rings. The zero-order valence-corrected chi connectivity index (χ0v) is 10.4. The summed E-state index contributed by atoms with van der Waals surface area (Å²) in [5.41, 5.74) is 5.80. The molecule has 0 radical (unpaired) electrons. The normalized spacial score (nSPS) is 10.5. The average Bonchev–Trinajstić information content (AvgIpc) is 2.41. The predicted molar refractivity (Wildman–Crippen MR) is 66.7 cm³/mol. The van der Waals surface area contributed by atoms with Gasteiger partial charge in [0.15, 0.2) is 11.6 Å². The minimum absolute atomic E-state index is 0.0685. The molecule has 1 heterocycles. The van der Waals surface area contributed by atoms with Crippen molar-refractivity contribution < 1.29 is 13.5 Å². The van der Waals surface area contributed by atoms with Gasteiger partial charge in [-0.05, 0) is 18.7 Å². The van der Waals surface area contributed by atoms with Crippen molar-refractivity contribution in [2.24, 2.45) is 5.73 Å². The molecule has 0 saturated heterocycles. The summed E-state index contributed by atoms with van der Waals surface area (Å²) < 4.78 is 32.2. The van der Waals surface area contributed by atoms with Crippen LogP contribution in [0.3, 0.4) is 0 Å². The fraction of sp³-hybridized carbons (Fsp3) is 0.231. The van der Waals surface area contributed by atoms with Gasteiger partial charge in [-0.25, -0.2) is 18.7 Å². The summed E-state index contributed by atoms with van der Waals surface area (Å²) >= 11 is 0. The maximum atomic E-state index is 13.9. The molecular formula is C13H13F2N3O. The predicted octanol–water partition coefficient (Wildman–Crippen LogP) is 1.93. The second-order valence-electron chi connectivity index (χ2n) is 3.86. The Morgan fingerprint density at radius 3 is 2.74 bits per heavy atom. The molecule has 0 bridgehead atoms. The van der Waals surface area contributed by atoms with E-state index >= 15 is 0 Å². The molecule has 2 aromatic rings. The van der Waals surface area contributed by atoms with E-state index < -0.39 is 11.6 Å². The van der Waals surface area contributed by atoms with Crippen molar-refractivity contribution in [3.63, 3.8) is 0 Å². The van der Waals surface area contributed by atoms with Crippen LogP contribution in [0.25, 0.3) is 11.3 Å². The second-order valence-corrected chi connectivity index (χ2v) is 3.86. The van der Waals surface area contributed by atoms with Gasteiger partial charge >= 0.3 is 0 Å². The van der Waals surface area contributed by atoms with Crippen LogP contribution in [0.2, 0.25) is 0 Å². The van der Waals surface area contributed by atoms with Crippen molar-refractivity contribution >= 4 is 0 Å². The van der Waals surface area contributed by atoms with Crippen LogP contribution in [0.1, 0.15) is 5.82 Å². The van der Waals surface area contributed by atoms with Gasteiger partial charge in [0.25, 0.3) is 0 Å². The van der Waals surface area contributed by atoms with Gasteiger partial charge in [-0.2, -0.15) is 0 Å². The lowest BCUT2D eigenvalue weighted by atomic mass is 10.1. The van der Waals surface area contributed by atoms with Gasteiger partial charge in [0.05, 0.1) is 12.8 Å². The molecule has 100 valence electrons. The standard InChI is InChI=1S/C13H13F2N3O/c1-19-12-7-9(14)8(6-10(12)15)11-3-5-17-13(18-11)2-4-16/h3,5-7H,2,4,16H2,1H3. The van der Waals surface area contributed by atoms with E-state index in [1.165, 1.54) is 19.4 Å². The van der Waals surface area contributed by atoms with E-state index in [4.69, 9.17) is 10.5 Å². The largest absolute Gasteiger partial charge is 0.494 e. The molecule has 0 unspecified atom stereocenters. The molecule has 6 heteroatoms. The second kappa shape index (κ2) is 5.71. The van der Waals surface area contributed by atoms with E-state index in [1.54, 1.807) is 0 Å². The van der Waals surface area contributed by atoms with Gasteiger partial charge in [0.1, 0.15) is 11.6 Å². The highest BCUT2D eigenvalue weighted by Gasteiger charge is 2.13. The zero-order chi connectivity index (χ0) is 13.8. The first-order chi connectivity index (χ1) is 9.15. The fourth-order valence-electron chi connectivity index (χ4n) is 1.68. The van der Waals surface area contributed by atoms with Crippen molar-refractivity contribution in [3.05, 3.63) is 41.9 Å². The number of hydrogen-bond acceptors (Lipinski definition) is 4. The number of aromatic nitrogens is 2. The molecule has 1 aromatic heterocycles. The number of halogens is 2. The first-order valence-corrected chi connectivity index (χ1v) is 5.71. The SMILES string of the molecule is COc1cc(F)c(-c2ccnc(CCN)n2)cc1F. The Morgan fingerprint density at radius 1 is 1.26 bits per heavy atom. The van der Waals surface area contributed by atoms with Crippen molar-refractivity contribution in [1.29, 1.82) is 0 Å². The van der Waals surface area contributed by atoms with Gasteiger partial charge in [0, 0.05) is 24.2 Å². The van der Waals surface area contributed by atoms with E-state index in [2.05, 4.69) is 9.97 Å². The van der Waals surface area contributed by atoms with Gasteiger partial charge in [-0.1, -0.05) is 0 Å². The van der Waals surface area contributed by atoms with E-state index in [1.807, 2.05) is 0 Å². The minimum Gasteiger partial charge on any atom is -0.494 e. The van der Waals surface area contributed by atoms with Crippen LogP contribution in [0, 0.1) is 11.6 Å². The summed E-state index contributed by atoms with van der Waals surface area (Å²) in [5.74, 6) is -0.887. The monoisotopic (exact) mass is 265 g/mol. The lowest BCUT2D eigenvalue weighted by Crippen LogP contribution is -2.07. The fourth-order valence-corrected chi connectivity index (χ4v) is 1.68. The lowest BCUT2D eigenvalue weighted by molar-refractivity contribution is 0.383. The van der Waals surface area contributed by atoms with E-state index in [0.717, 1.165) is 12.1 Å². The van der Waals surface area contributed by atoms with E-state index in [0.29, 0.717) is 24.5 Å². The molecule has 0 spiro atoms. The smallest absolute Gasteiger partial charge is 0.165 e. The number of methoxy groups -OCH3 is 1. The summed E-state index contributed by atoms with van der Waals surface area (Å²) in [7, 11) is 1.28. The van der Waals surface area contributed by atoms with E-state index in [9.17, 15) is 8.78 Å². The molecule has 0 aliphatic rings. The molecule has 0 atom stereocenters. The Kier molecular flexibility index (Phi) is 4.01. The summed E-state index contributed by atoms with van der Waals surface area (Å²) in [4.78, 5) is 8.16. The summed E-state index contributed by atoms with van der Waals surface area (Å²) in [5, 5.41) is 0. The molecule has 0 amide bonds. The summed E-state index contributed by atoms with van der Waals surface area (Å²) in [6.07, 6.45) is 1.98. The maximum Gasteiger partial charge on any atom is 0.165 e. The Bertz CT molecular complexity index is 590. The van der Waals surface area contributed by atoms with Gasteiger partial charge in [0.2, 0.25) is 0 Å². The van der Waals surface area contributed by atoms with Gasteiger partial charge in [-0.15, -0.1) is 0 Å². The van der Waals surface area contributed by atoms with Crippen molar-refractivity contribution in [2.45, 2.75) is 6.42 Å². The molecule has 2 rings (SSSR count). The molecule has 1 aromatic carbocycles. The Labute approximate surface area is 109 Å². The number of hydrogen-bond donors (Lipinski definition) is 1. The van der Waals surface area contributed by atoms with Crippen LogP contribution >= 0.6 is 0 Å². The summed E-state index contributed by atoms with van der Waals surface area (Å²) in [6, 6.07) is 3.57. The van der Waals surface area contributed by atoms with E-state index in [-0.39, 0.29) is 11.3 Å². The first-order valence-electron chi connectivity index (χ1n) is 5.71. The number of nitrogens with zero attached hydrogens (tertiary/aromatic N) is 2. The molecule has 2 N–H and O–H groups in total. The maximum absolute atomic E-state index is 13.9. The third-order valence-corrected chi connectivity index (χ3v) is 2.59. The van der Waals surface area contributed by atoms with Crippen molar-refractivity contribution in [1.82, 2.24) is 9.97 Å². The van der Waals surface area contributed by atoms with Crippen LogP contribution < -0.4 is 10.5 Å². The lowest BCUT2D eigenvalue weighted by Gasteiger charge is -2.07. The molecule has 19 heavy (non-hydrogen) atoms. The molecule has 0 saturated carbocycles. The highest BCUT2D eigenvalue weighted by atomic mass is 19.1. The number of benzene rings is 1. The quantitative estimate of drug-likeness (QED) is 0.917. The number of nitrogens with two attached hydrogens (primary N) is 1. The van der Waals surface area contributed by atoms with Crippen LogP contribution in [-0.2, 0) is 6.42 Å². The Balaban J connectivity index is 2.46. The van der Waals surface area contributed by atoms with Crippen LogP contribution in [0.15, 0.2) is 24.4 Å². The molecule has 4 nitrogen and oxygen atoms in total. The highest BCUT2D eigenvalue weighted by molar-refractivity contribution is 5.61. The topological polar surface area (TPSA) is 61.0 Å². The van der Waals surface area contributed by atoms with Crippen molar-refractivity contribution in [3.8, 4) is 17.0 Å². The van der Waals surface area contributed by atoms with Crippen LogP contribution in [0.5, 0.6) is 5.75 Å². The highest BCUT2D eigenvalue weighted by Crippen LogP contribution is 2.27. The minimum atomic E-state index is -0.641. The summed E-state index contributed by atoms with van der Waals surface area (Å²) in [6.45, 7) is 0.392. The van der Waals surface area contributed by atoms with Gasteiger partial charge < -0.3 is 10.5 Å². The first kappa shape index (κ1) is 13.4. The Morgan fingerprint density at radius 2 is 2.05 bits per heavy atom. The third-order valence-electron chi connectivity index (χ3n) is 2.59. The molecule has 0 aliphatic heterocycles. The van der Waals surface area contributed by atoms with Crippen LogP contribution in [-0.4, -0.2) is 23.6 Å². The zero-order valence-electron chi connectivity index (χ0n) is 10.4. The van der Waals surface area contributed by atoms with Crippen molar-refractivity contribution in [2.75, 3.05) is 13.7 Å². The number of rotatable bonds is 4. The molecular weight excluding hydrogens is 252 g/mol. The molecule has 0 aliphatic carbocycles.